The van der Waals surface area contributed by atoms with Crippen molar-refractivity contribution in [2.45, 2.75) is 45.8 Å². The van der Waals surface area contributed by atoms with Crippen LogP contribution >= 0.6 is 22.9 Å². The number of hydrogen-bond donors (Lipinski definition) is 2. The van der Waals surface area contributed by atoms with Gasteiger partial charge in [0.1, 0.15) is 5.60 Å². The molecule has 29 heavy (non-hydrogen) atoms. The molecule has 3 rings (SSSR count). The first-order chi connectivity index (χ1) is 13.8. The molecule has 2 N–H and O–H groups in total. The number of ether oxygens (including phenoxy) is 1. The Morgan fingerprint density at radius 2 is 1.90 bits per heavy atom. The van der Waals surface area contributed by atoms with E-state index in [1.807, 2.05) is 37.8 Å². The lowest BCUT2D eigenvalue weighted by Crippen LogP contribution is -2.42. The fourth-order valence-corrected chi connectivity index (χ4v) is 4.16. The average molecular weight is 437 g/mol. The molecule has 1 fully saturated rings. The number of anilines is 2. The fraction of sp³-hybridized carbons (Fsp3) is 0.524. The zero-order chi connectivity index (χ0) is 20.9. The summed E-state index contributed by atoms with van der Waals surface area (Å²) in [5.41, 5.74) is 1.69. The van der Waals surface area contributed by atoms with Gasteiger partial charge in [0.05, 0.1) is 17.9 Å². The summed E-state index contributed by atoms with van der Waals surface area (Å²) in [6, 6.07) is 8.20. The number of rotatable bonds is 6. The van der Waals surface area contributed by atoms with Gasteiger partial charge in [0, 0.05) is 30.7 Å². The van der Waals surface area contributed by atoms with Crippen molar-refractivity contribution >= 4 is 40.4 Å². The molecule has 1 amide bonds. The topological polar surface area (TPSA) is 66.5 Å². The largest absolute Gasteiger partial charge is 0.444 e. The number of amides is 1. The maximum absolute atomic E-state index is 12.2. The molecule has 0 aliphatic carbocycles. The maximum atomic E-state index is 12.2. The monoisotopic (exact) mass is 436 g/mol. The number of aromatic nitrogens is 1. The summed E-state index contributed by atoms with van der Waals surface area (Å²) < 4.78 is 6.03. The number of halogens is 1. The molecule has 0 saturated carbocycles. The summed E-state index contributed by atoms with van der Waals surface area (Å²) in [7, 11) is 0. The van der Waals surface area contributed by atoms with E-state index in [0.29, 0.717) is 16.9 Å². The van der Waals surface area contributed by atoms with E-state index < -0.39 is 5.60 Å². The SMILES string of the molecule is CC(C)(C)OC(=O)N1CCC(CNc2ccccc2NCc2cnc(Cl)s2)CC1. The summed E-state index contributed by atoms with van der Waals surface area (Å²) >= 11 is 7.39. The smallest absolute Gasteiger partial charge is 0.410 e. The highest BCUT2D eigenvalue weighted by molar-refractivity contribution is 7.15. The number of benzene rings is 1. The standard InChI is InChI=1S/C21H29ClN4O2S/c1-21(2,3)28-20(27)26-10-8-15(9-11-26)12-23-17-6-4-5-7-18(17)24-13-16-14-25-19(22)29-16/h4-7,14-15,23-24H,8-13H2,1-3H3. The van der Waals surface area contributed by atoms with Gasteiger partial charge in [0.15, 0.2) is 4.47 Å². The van der Waals surface area contributed by atoms with Crippen LogP contribution in [0, 0.1) is 5.92 Å². The van der Waals surface area contributed by atoms with Gasteiger partial charge in [-0.3, -0.25) is 0 Å². The van der Waals surface area contributed by atoms with Gasteiger partial charge in [-0.25, -0.2) is 9.78 Å². The molecule has 8 heteroatoms. The van der Waals surface area contributed by atoms with Crippen molar-refractivity contribution in [2.75, 3.05) is 30.3 Å². The van der Waals surface area contributed by atoms with E-state index in [1.165, 1.54) is 11.3 Å². The predicted molar refractivity (Wildman–Crippen MR) is 120 cm³/mol. The fourth-order valence-electron chi connectivity index (χ4n) is 3.24. The molecule has 1 saturated heterocycles. The van der Waals surface area contributed by atoms with E-state index in [-0.39, 0.29) is 6.09 Å². The molecular weight excluding hydrogens is 408 g/mol. The van der Waals surface area contributed by atoms with Crippen LogP contribution in [0.3, 0.4) is 0 Å². The summed E-state index contributed by atoms with van der Waals surface area (Å²) in [5.74, 6) is 0.530. The molecule has 1 aliphatic heterocycles. The van der Waals surface area contributed by atoms with Gasteiger partial charge in [-0.15, -0.1) is 11.3 Å². The van der Waals surface area contributed by atoms with Crippen molar-refractivity contribution in [3.8, 4) is 0 Å². The van der Waals surface area contributed by atoms with E-state index in [4.69, 9.17) is 16.3 Å². The minimum Gasteiger partial charge on any atom is -0.444 e. The van der Waals surface area contributed by atoms with E-state index in [9.17, 15) is 4.79 Å². The van der Waals surface area contributed by atoms with E-state index in [0.717, 1.165) is 48.7 Å². The zero-order valence-corrected chi connectivity index (χ0v) is 18.8. The van der Waals surface area contributed by atoms with Crippen molar-refractivity contribution in [1.82, 2.24) is 9.88 Å². The third-order valence-electron chi connectivity index (χ3n) is 4.75. The quantitative estimate of drug-likeness (QED) is 0.628. The van der Waals surface area contributed by atoms with Crippen LogP contribution in [0.2, 0.25) is 4.47 Å². The lowest BCUT2D eigenvalue weighted by molar-refractivity contribution is 0.0188. The number of nitrogens with one attached hydrogen (secondary N) is 2. The second kappa shape index (κ2) is 9.67. The first kappa shape index (κ1) is 21.7. The molecule has 0 radical (unpaired) electrons. The normalized spacial score (nSPS) is 15.2. The molecule has 1 aromatic carbocycles. The number of thiazole rings is 1. The van der Waals surface area contributed by atoms with Crippen LogP contribution in [-0.2, 0) is 11.3 Å². The van der Waals surface area contributed by atoms with Gasteiger partial charge < -0.3 is 20.3 Å². The number of carbonyl (C=O) groups excluding carboxylic acids is 1. The van der Waals surface area contributed by atoms with Gasteiger partial charge in [0.2, 0.25) is 0 Å². The molecule has 6 nitrogen and oxygen atoms in total. The van der Waals surface area contributed by atoms with E-state index in [1.54, 1.807) is 6.20 Å². The summed E-state index contributed by atoms with van der Waals surface area (Å²) in [6.07, 6.45) is 3.54. The Hall–Kier alpha value is -1.99. The Morgan fingerprint density at radius 3 is 2.48 bits per heavy atom. The van der Waals surface area contributed by atoms with Crippen LogP contribution in [0.15, 0.2) is 30.5 Å². The second-order valence-corrected chi connectivity index (χ2v) is 9.97. The van der Waals surface area contributed by atoms with Crippen molar-refractivity contribution in [3.63, 3.8) is 0 Å². The van der Waals surface area contributed by atoms with Crippen molar-refractivity contribution < 1.29 is 9.53 Å². The highest BCUT2D eigenvalue weighted by Gasteiger charge is 2.26. The van der Waals surface area contributed by atoms with Crippen LogP contribution in [0.4, 0.5) is 16.2 Å². The van der Waals surface area contributed by atoms with Gasteiger partial charge in [0.25, 0.3) is 0 Å². The Morgan fingerprint density at radius 1 is 1.24 bits per heavy atom. The molecule has 0 spiro atoms. The van der Waals surface area contributed by atoms with E-state index >= 15 is 0 Å². The Balaban J connectivity index is 1.47. The molecule has 0 unspecified atom stereocenters. The Kier molecular flexibility index (Phi) is 7.24. The van der Waals surface area contributed by atoms with Crippen LogP contribution in [0.5, 0.6) is 0 Å². The summed E-state index contributed by atoms with van der Waals surface area (Å²) in [4.78, 5) is 19.2. The maximum Gasteiger partial charge on any atom is 0.410 e. The Bertz CT molecular complexity index is 813. The lowest BCUT2D eigenvalue weighted by atomic mass is 9.97. The summed E-state index contributed by atoms with van der Waals surface area (Å²) in [5, 5.41) is 7.03. The van der Waals surface area contributed by atoms with Crippen molar-refractivity contribution in [3.05, 3.63) is 39.8 Å². The molecule has 1 aliphatic rings. The molecular formula is C21H29ClN4O2S. The second-order valence-electron chi connectivity index (χ2n) is 8.27. The van der Waals surface area contributed by atoms with Crippen LogP contribution in [0.1, 0.15) is 38.5 Å². The minimum absolute atomic E-state index is 0.207. The first-order valence-corrected chi connectivity index (χ1v) is 11.1. The Labute approximate surface area is 181 Å². The van der Waals surface area contributed by atoms with Gasteiger partial charge in [-0.2, -0.15) is 0 Å². The van der Waals surface area contributed by atoms with Gasteiger partial charge >= 0.3 is 6.09 Å². The third-order valence-corrected chi connectivity index (χ3v) is 5.87. The van der Waals surface area contributed by atoms with Crippen LogP contribution in [0.25, 0.3) is 0 Å². The minimum atomic E-state index is -0.448. The number of nitrogens with zero attached hydrogens (tertiary/aromatic N) is 2. The highest BCUT2D eigenvalue weighted by Crippen LogP contribution is 2.26. The molecule has 2 heterocycles. The molecule has 0 atom stereocenters. The molecule has 2 aromatic rings. The van der Waals surface area contributed by atoms with Crippen molar-refractivity contribution in [1.29, 1.82) is 0 Å². The average Bonchev–Trinajstić information content (AvgIpc) is 3.09. The van der Waals surface area contributed by atoms with Crippen LogP contribution < -0.4 is 10.6 Å². The van der Waals surface area contributed by atoms with Crippen LogP contribution in [-0.4, -0.2) is 41.2 Å². The predicted octanol–water partition coefficient (Wildman–Crippen LogP) is 5.47. The number of likely N-dealkylation sites (tertiary alicyclic amines) is 1. The van der Waals surface area contributed by atoms with Gasteiger partial charge in [-0.1, -0.05) is 23.7 Å². The lowest BCUT2D eigenvalue weighted by Gasteiger charge is -2.33. The zero-order valence-electron chi connectivity index (χ0n) is 17.2. The number of hydrogen-bond acceptors (Lipinski definition) is 6. The molecule has 1 aromatic heterocycles. The number of para-hydroxylation sites is 2. The number of piperidine rings is 1. The molecule has 158 valence electrons. The number of carbonyl (C=O) groups is 1. The third kappa shape index (κ3) is 6.78. The van der Waals surface area contributed by atoms with E-state index in [2.05, 4.69) is 27.8 Å². The first-order valence-electron chi connectivity index (χ1n) is 9.95. The highest BCUT2D eigenvalue weighted by atomic mass is 35.5. The molecule has 0 bridgehead atoms. The van der Waals surface area contributed by atoms with Crippen molar-refractivity contribution in [2.24, 2.45) is 5.92 Å². The van der Waals surface area contributed by atoms with Gasteiger partial charge in [-0.05, 0) is 51.7 Å². The summed E-state index contributed by atoms with van der Waals surface area (Å²) in [6.45, 7) is 8.76.